The van der Waals surface area contributed by atoms with Crippen LogP contribution in [0.2, 0.25) is 0 Å². The lowest BCUT2D eigenvalue weighted by Gasteiger charge is -2.43. The van der Waals surface area contributed by atoms with Crippen LogP contribution < -0.4 is 10.2 Å². The highest BCUT2D eigenvalue weighted by molar-refractivity contribution is 7.89. The molecule has 4 heterocycles. The first kappa shape index (κ1) is 18.0. The smallest absolute Gasteiger partial charge is 0.243 e. The van der Waals surface area contributed by atoms with Crippen molar-refractivity contribution in [2.45, 2.75) is 23.8 Å². The van der Waals surface area contributed by atoms with Gasteiger partial charge in [0.1, 0.15) is 12.1 Å². The average Bonchev–Trinajstić information content (AvgIpc) is 3.14. The molecule has 0 unspecified atom stereocenters. The van der Waals surface area contributed by atoms with Crippen molar-refractivity contribution in [1.82, 2.24) is 24.1 Å². The summed E-state index contributed by atoms with van der Waals surface area (Å²) in [5.41, 5.74) is 2.20. The maximum absolute atomic E-state index is 13.1. The third-order valence-electron chi connectivity index (χ3n) is 5.50. The Morgan fingerprint density at radius 1 is 1.17 bits per heavy atom. The molecule has 1 saturated heterocycles. The highest BCUT2D eigenvalue weighted by Gasteiger charge is 2.37. The van der Waals surface area contributed by atoms with Gasteiger partial charge in [0.2, 0.25) is 15.9 Å². The molecule has 1 aromatic carbocycles. The highest BCUT2D eigenvalue weighted by atomic mass is 32.2. The Morgan fingerprint density at radius 2 is 2.00 bits per heavy atom. The number of likely N-dealkylation sites (N-methyl/N-ethyl adjacent to an activating group) is 1. The largest absolute Gasteiger partial charge is 0.352 e. The standard InChI is InChI=1S/C18H19N7O3S/c1-23(13-9-24(10-13)17-6-5-16-21-19-11-25(16)22-17)29(27,28)14-3-4-15-12(8-14)2-7-18(26)20-15/h3-6,8,11,13H,2,7,9-10H2,1H3,(H,20,26). The average molecular weight is 413 g/mol. The summed E-state index contributed by atoms with van der Waals surface area (Å²) in [5.74, 6) is 0.710. The monoisotopic (exact) mass is 413 g/mol. The maximum atomic E-state index is 13.1. The fourth-order valence-electron chi connectivity index (χ4n) is 3.64. The lowest BCUT2D eigenvalue weighted by molar-refractivity contribution is -0.116. The zero-order chi connectivity index (χ0) is 20.2. The molecule has 1 fully saturated rings. The summed E-state index contributed by atoms with van der Waals surface area (Å²) in [7, 11) is -2.02. The Balaban J connectivity index is 1.31. The van der Waals surface area contributed by atoms with E-state index in [1.54, 1.807) is 29.8 Å². The van der Waals surface area contributed by atoms with E-state index in [1.165, 1.54) is 10.6 Å². The molecule has 5 rings (SSSR count). The topological polar surface area (TPSA) is 113 Å². The molecule has 0 radical (unpaired) electrons. The van der Waals surface area contributed by atoms with Crippen LogP contribution in [0.4, 0.5) is 11.5 Å². The maximum Gasteiger partial charge on any atom is 0.243 e. The predicted molar refractivity (Wildman–Crippen MR) is 105 cm³/mol. The number of aromatic nitrogens is 4. The minimum atomic E-state index is -3.63. The van der Waals surface area contributed by atoms with Gasteiger partial charge >= 0.3 is 0 Å². The molecule has 0 atom stereocenters. The molecule has 0 bridgehead atoms. The van der Waals surface area contributed by atoms with E-state index < -0.39 is 10.0 Å². The van der Waals surface area contributed by atoms with Gasteiger partial charge in [0, 0.05) is 32.2 Å². The van der Waals surface area contributed by atoms with Crippen molar-refractivity contribution in [3.05, 3.63) is 42.2 Å². The van der Waals surface area contributed by atoms with E-state index in [9.17, 15) is 13.2 Å². The molecular weight excluding hydrogens is 394 g/mol. The molecule has 29 heavy (non-hydrogen) atoms. The van der Waals surface area contributed by atoms with E-state index in [2.05, 4.69) is 20.6 Å². The van der Waals surface area contributed by atoms with Crippen molar-refractivity contribution in [3.63, 3.8) is 0 Å². The fraction of sp³-hybridized carbons (Fsp3) is 0.333. The number of amides is 1. The second-order valence-corrected chi connectivity index (χ2v) is 9.27. The molecule has 11 heteroatoms. The summed E-state index contributed by atoms with van der Waals surface area (Å²) in [6.07, 6.45) is 2.45. The number of carbonyl (C=O) groups excluding carboxylic acids is 1. The molecule has 1 amide bonds. The SMILES string of the molecule is CN(C1CN(c2ccc3nncn3n2)C1)S(=O)(=O)c1ccc2c(c1)CCC(=O)N2. The molecule has 2 aliphatic rings. The Kier molecular flexibility index (Phi) is 4.03. The van der Waals surface area contributed by atoms with Gasteiger partial charge < -0.3 is 10.2 Å². The van der Waals surface area contributed by atoms with Gasteiger partial charge in [-0.3, -0.25) is 4.79 Å². The minimum absolute atomic E-state index is 0.0435. The van der Waals surface area contributed by atoms with Gasteiger partial charge in [0.15, 0.2) is 5.65 Å². The first-order valence-electron chi connectivity index (χ1n) is 9.25. The molecule has 150 valence electrons. The van der Waals surface area contributed by atoms with Crippen molar-refractivity contribution < 1.29 is 13.2 Å². The molecule has 10 nitrogen and oxygen atoms in total. The number of nitrogens with one attached hydrogen (secondary N) is 1. The third kappa shape index (κ3) is 3.02. The molecule has 2 aromatic heterocycles. The van der Waals surface area contributed by atoms with Crippen LogP contribution >= 0.6 is 0 Å². The highest BCUT2D eigenvalue weighted by Crippen LogP contribution is 2.29. The zero-order valence-corrected chi connectivity index (χ0v) is 16.5. The van der Waals surface area contributed by atoms with Crippen LogP contribution in [0.25, 0.3) is 5.65 Å². The number of hydrogen-bond acceptors (Lipinski definition) is 7. The van der Waals surface area contributed by atoms with Crippen molar-refractivity contribution in [2.75, 3.05) is 30.4 Å². The van der Waals surface area contributed by atoms with E-state index in [0.717, 1.165) is 11.4 Å². The Labute approximate surface area is 167 Å². The van der Waals surface area contributed by atoms with Gasteiger partial charge in [0.25, 0.3) is 0 Å². The van der Waals surface area contributed by atoms with Crippen molar-refractivity contribution in [3.8, 4) is 0 Å². The van der Waals surface area contributed by atoms with Crippen molar-refractivity contribution >= 4 is 33.1 Å². The zero-order valence-electron chi connectivity index (χ0n) is 15.7. The van der Waals surface area contributed by atoms with Crippen molar-refractivity contribution in [1.29, 1.82) is 0 Å². The first-order chi connectivity index (χ1) is 13.9. The summed E-state index contributed by atoms with van der Waals surface area (Å²) in [6, 6.07) is 8.42. The summed E-state index contributed by atoms with van der Waals surface area (Å²) in [5, 5.41) is 15.0. The molecule has 2 aliphatic heterocycles. The number of nitrogens with zero attached hydrogens (tertiary/aromatic N) is 6. The second-order valence-electron chi connectivity index (χ2n) is 7.27. The fourth-order valence-corrected chi connectivity index (χ4v) is 5.03. The Morgan fingerprint density at radius 3 is 2.83 bits per heavy atom. The number of carbonyl (C=O) groups is 1. The number of hydrogen-bond donors (Lipinski definition) is 1. The number of anilines is 2. The summed E-state index contributed by atoms with van der Waals surface area (Å²) in [6.45, 7) is 1.11. The Bertz CT molecular complexity index is 1220. The number of sulfonamides is 1. The van der Waals surface area contributed by atoms with Gasteiger partial charge in [-0.05, 0) is 42.3 Å². The number of benzene rings is 1. The lowest BCUT2D eigenvalue weighted by atomic mass is 10.0. The van der Waals surface area contributed by atoms with E-state index in [1.807, 2.05) is 17.0 Å². The quantitative estimate of drug-likeness (QED) is 0.663. The van der Waals surface area contributed by atoms with Gasteiger partial charge in [-0.25, -0.2) is 8.42 Å². The normalized spacial score (nSPS) is 17.3. The van der Waals surface area contributed by atoms with Crippen molar-refractivity contribution in [2.24, 2.45) is 0 Å². The third-order valence-corrected chi connectivity index (χ3v) is 7.40. The molecule has 0 aliphatic carbocycles. The van der Waals surface area contributed by atoms with Crippen LogP contribution in [0.1, 0.15) is 12.0 Å². The number of rotatable bonds is 4. The molecule has 1 N–H and O–H groups in total. The van der Waals surface area contributed by atoms with E-state index in [4.69, 9.17) is 0 Å². The molecule has 3 aromatic rings. The van der Waals surface area contributed by atoms with Gasteiger partial charge in [-0.1, -0.05) is 0 Å². The van der Waals surface area contributed by atoms with Crippen LogP contribution in [0.5, 0.6) is 0 Å². The lowest BCUT2D eigenvalue weighted by Crippen LogP contribution is -2.60. The minimum Gasteiger partial charge on any atom is -0.352 e. The molecular formula is C18H19N7O3S. The summed E-state index contributed by atoms with van der Waals surface area (Å²) >= 11 is 0. The predicted octanol–water partition coefficient (Wildman–Crippen LogP) is 0.518. The molecule has 0 saturated carbocycles. The van der Waals surface area contributed by atoms with Crippen LogP contribution in [0, 0.1) is 0 Å². The van der Waals surface area contributed by atoms with Crippen LogP contribution in [0.15, 0.2) is 41.6 Å². The number of aryl methyl sites for hydroxylation is 1. The number of fused-ring (bicyclic) bond motifs is 2. The van der Waals surface area contributed by atoms with Gasteiger partial charge in [0.05, 0.1) is 10.9 Å². The van der Waals surface area contributed by atoms with Crippen LogP contribution in [0.3, 0.4) is 0 Å². The van der Waals surface area contributed by atoms with Crippen LogP contribution in [-0.2, 0) is 21.2 Å². The summed E-state index contributed by atoms with van der Waals surface area (Å²) in [4.78, 5) is 13.8. The first-order valence-corrected chi connectivity index (χ1v) is 10.7. The van der Waals surface area contributed by atoms with Gasteiger partial charge in [-0.15, -0.1) is 15.3 Å². The van der Waals surface area contributed by atoms with Crippen LogP contribution in [-0.4, -0.2) is 64.6 Å². The second kappa shape index (κ2) is 6.49. The van der Waals surface area contributed by atoms with E-state index >= 15 is 0 Å². The molecule has 0 spiro atoms. The van der Waals surface area contributed by atoms with Gasteiger partial charge in [-0.2, -0.15) is 8.82 Å². The van der Waals surface area contributed by atoms with E-state index in [-0.39, 0.29) is 16.8 Å². The van der Waals surface area contributed by atoms with E-state index in [0.29, 0.717) is 37.3 Å². The Hall–Kier alpha value is -3.05. The summed E-state index contributed by atoms with van der Waals surface area (Å²) < 4.78 is 29.2.